The van der Waals surface area contributed by atoms with Crippen LogP contribution in [-0.2, 0) is 16.0 Å². The Hall–Kier alpha value is -2.10. The zero-order valence-electron chi connectivity index (χ0n) is 11.4. The van der Waals surface area contributed by atoms with E-state index in [1.54, 1.807) is 0 Å². The minimum absolute atomic E-state index is 0.121. The Bertz CT molecular complexity index is 487. The van der Waals surface area contributed by atoms with Gasteiger partial charge in [0.1, 0.15) is 5.70 Å². The van der Waals surface area contributed by atoms with E-state index in [-0.39, 0.29) is 5.70 Å². The quantitative estimate of drug-likeness (QED) is 0.800. The number of carbonyl (C=O) groups is 2. The van der Waals surface area contributed by atoms with Crippen LogP contribution in [0.15, 0.2) is 30.0 Å². The van der Waals surface area contributed by atoms with E-state index in [9.17, 15) is 9.59 Å². The predicted octanol–water partition coefficient (Wildman–Crippen LogP) is 2.45. The van der Waals surface area contributed by atoms with Crippen molar-refractivity contribution in [3.8, 4) is 0 Å². The Balaban J connectivity index is 2.89. The maximum absolute atomic E-state index is 11.0. The number of carbonyl (C=O) groups excluding carboxylic acids is 1. The molecule has 4 nitrogen and oxygen atoms in total. The molecule has 0 heterocycles. The summed E-state index contributed by atoms with van der Waals surface area (Å²) in [5.41, 5.74) is 1.84. The Labute approximate surface area is 113 Å². The van der Waals surface area contributed by atoms with Crippen LogP contribution in [0.2, 0.25) is 0 Å². The zero-order chi connectivity index (χ0) is 14.4. The van der Waals surface area contributed by atoms with Crippen molar-refractivity contribution in [2.24, 2.45) is 5.92 Å². The monoisotopic (exact) mass is 261 g/mol. The number of hydrogen-bond donors (Lipinski definition) is 2. The molecule has 102 valence electrons. The van der Waals surface area contributed by atoms with E-state index in [1.807, 2.05) is 24.3 Å². The largest absolute Gasteiger partial charge is 0.477 e. The maximum Gasteiger partial charge on any atom is 0.352 e. The molecule has 0 aliphatic heterocycles. The summed E-state index contributed by atoms with van der Waals surface area (Å²) in [6, 6.07) is 7.64. The molecule has 1 amide bonds. The topological polar surface area (TPSA) is 66.4 Å². The van der Waals surface area contributed by atoms with Crippen molar-refractivity contribution in [1.82, 2.24) is 5.32 Å². The van der Waals surface area contributed by atoms with Gasteiger partial charge in [-0.05, 0) is 29.5 Å². The number of rotatable bonds is 5. The van der Waals surface area contributed by atoms with Gasteiger partial charge in [0, 0.05) is 6.92 Å². The van der Waals surface area contributed by atoms with Gasteiger partial charge in [-0.15, -0.1) is 0 Å². The Morgan fingerprint density at radius 3 is 2.26 bits per heavy atom. The van der Waals surface area contributed by atoms with Gasteiger partial charge < -0.3 is 10.4 Å². The van der Waals surface area contributed by atoms with Gasteiger partial charge in [-0.25, -0.2) is 4.79 Å². The first-order chi connectivity index (χ1) is 8.88. The first kappa shape index (κ1) is 15.0. The summed E-state index contributed by atoms with van der Waals surface area (Å²) in [5.74, 6) is -0.970. The van der Waals surface area contributed by atoms with Crippen molar-refractivity contribution in [1.29, 1.82) is 0 Å². The third-order valence-electron chi connectivity index (χ3n) is 2.48. The van der Waals surface area contributed by atoms with Gasteiger partial charge in [-0.1, -0.05) is 38.1 Å². The molecule has 4 heteroatoms. The summed E-state index contributed by atoms with van der Waals surface area (Å²) in [7, 11) is 0. The van der Waals surface area contributed by atoms with Gasteiger partial charge in [0.05, 0.1) is 0 Å². The minimum Gasteiger partial charge on any atom is -0.477 e. The lowest BCUT2D eigenvalue weighted by atomic mass is 10.0. The fourth-order valence-corrected chi connectivity index (χ4v) is 1.73. The molecule has 2 N–H and O–H groups in total. The van der Waals surface area contributed by atoms with Crippen molar-refractivity contribution in [2.75, 3.05) is 0 Å². The molecule has 0 unspecified atom stereocenters. The summed E-state index contributed by atoms with van der Waals surface area (Å²) in [6.07, 6.45) is 2.43. The average molecular weight is 261 g/mol. The molecule has 0 radical (unpaired) electrons. The summed E-state index contributed by atoms with van der Waals surface area (Å²) in [4.78, 5) is 21.9. The molecule has 1 aromatic rings. The molecule has 1 aromatic carbocycles. The third kappa shape index (κ3) is 5.38. The molecule has 1 rings (SSSR count). The van der Waals surface area contributed by atoms with Crippen LogP contribution in [0, 0.1) is 5.92 Å². The van der Waals surface area contributed by atoms with Crippen LogP contribution in [0.3, 0.4) is 0 Å². The maximum atomic E-state index is 11.0. The molecule has 0 bridgehead atoms. The summed E-state index contributed by atoms with van der Waals surface area (Å²) in [6.45, 7) is 5.57. The van der Waals surface area contributed by atoms with Gasteiger partial charge in [-0.3, -0.25) is 4.79 Å². The van der Waals surface area contributed by atoms with Crippen molar-refractivity contribution in [3.05, 3.63) is 41.1 Å². The first-order valence-corrected chi connectivity index (χ1v) is 6.20. The van der Waals surface area contributed by atoms with E-state index >= 15 is 0 Å². The number of aliphatic carboxylic acids is 1. The van der Waals surface area contributed by atoms with Crippen molar-refractivity contribution in [2.45, 2.75) is 27.2 Å². The van der Waals surface area contributed by atoms with Crippen LogP contribution in [0.25, 0.3) is 6.08 Å². The van der Waals surface area contributed by atoms with Gasteiger partial charge in [-0.2, -0.15) is 0 Å². The zero-order valence-corrected chi connectivity index (χ0v) is 11.4. The molecular formula is C15H19NO3. The highest BCUT2D eigenvalue weighted by Crippen LogP contribution is 2.12. The molecule has 0 spiro atoms. The summed E-state index contributed by atoms with van der Waals surface area (Å²) < 4.78 is 0. The Morgan fingerprint density at radius 1 is 1.26 bits per heavy atom. The molecule has 0 aromatic heterocycles. The fourth-order valence-electron chi connectivity index (χ4n) is 1.73. The lowest BCUT2D eigenvalue weighted by Gasteiger charge is -2.06. The number of carboxylic acids is 1. The van der Waals surface area contributed by atoms with Crippen molar-refractivity contribution < 1.29 is 14.7 Å². The van der Waals surface area contributed by atoms with Crippen LogP contribution in [0.1, 0.15) is 31.9 Å². The smallest absolute Gasteiger partial charge is 0.352 e. The molecule has 0 aliphatic carbocycles. The van der Waals surface area contributed by atoms with E-state index in [1.165, 1.54) is 18.6 Å². The lowest BCUT2D eigenvalue weighted by molar-refractivity contribution is -0.134. The standard InChI is InChI=1S/C15H19NO3/c1-10(2)8-12-4-6-13(7-5-12)9-14(15(18)19)16-11(3)17/h4-7,9-10H,8H2,1-3H3,(H,16,17)(H,18,19). The highest BCUT2D eigenvalue weighted by molar-refractivity contribution is 5.96. The highest BCUT2D eigenvalue weighted by atomic mass is 16.4. The van der Waals surface area contributed by atoms with Crippen LogP contribution >= 0.6 is 0 Å². The Morgan fingerprint density at radius 2 is 1.84 bits per heavy atom. The van der Waals surface area contributed by atoms with Crippen LogP contribution < -0.4 is 5.32 Å². The number of amides is 1. The lowest BCUT2D eigenvalue weighted by Crippen LogP contribution is -2.24. The second-order valence-corrected chi connectivity index (χ2v) is 4.88. The van der Waals surface area contributed by atoms with Crippen LogP contribution in [-0.4, -0.2) is 17.0 Å². The normalized spacial score (nSPS) is 11.5. The summed E-state index contributed by atoms with van der Waals surface area (Å²) >= 11 is 0. The third-order valence-corrected chi connectivity index (χ3v) is 2.48. The molecule has 0 saturated heterocycles. The molecule has 19 heavy (non-hydrogen) atoms. The molecule has 0 aliphatic rings. The van der Waals surface area contributed by atoms with Gasteiger partial charge >= 0.3 is 5.97 Å². The average Bonchev–Trinajstić information content (AvgIpc) is 2.29. The summed E-state index contributed by atoms with van der Waals surface area (Å²) in [5, 5.41) is 11.3. The van der Waals surface area contributed by atoms with E-state index in [2.05, 4.69) is 19.2 Å². The second kappa shape index (κ2) is 6.73. The second-order valence-electron chi connectivity index (χ2n) is 4.88. The van der Waals surface area contributed by atoms with Crippen molar-refractivity contribution >= 4 is 18.0 Å². The van der Waals surface area contributed by atoms with E-state index in [4.69, 9.17) is 5.11 Å². The highest BCUT2D eigenvalue weighted by Gasteiger charge is 2.08. The van der Waals surface area contributed by atoms with E-state index < -0.39 is 11.9 Å². The molecule has 0 fully saturated rings. The van der Waals surface area contributed by atoms with Crippen molar-refractivity contribution in [3.63, 3.8) is 0 Å². The SMILES string of the molecule is CC(=O)NC(=Cc1ccc(CC(C)C)cc1)C(=O)O. The predicted molar refractivity (Wildman–Crippen MR) is 74.4 cm³/mol. The molecule has 0 saturated carbocycles. The van der Waals surface area contributed by atoms with Gasteiger partial charge in [0.25, 0.3) is 0 Å². The van der Waals surface area contributed by atoms with E-state index in [0.29, 0.717) is 5.92 Å². The molecule has 0 atom stereocenters. The molecular weight excluding hydrogens is 242 g/mol. The number of carboxylic acid groups (broad SMARTS) is 1. The fraction of sp³-hybridized carbons (Fsp3) is 0.333. The van der Waals surface area contributed by atoms with E-state index in [0.717, 1.165) is 12.0 Å². The first-order valence-electron chi connectivity index (χ1n) is 6.20. The van der Waals surface area contributed by atoms with Crippen LogP contribution in [0.5, 0.6) is 0 Å². The van der Waals surface area contributed by atoms with Crippen LogP contribution in [0.4, 0.5) is 0 Å². The Kier molecular flexibility index (Phi) is 5.30. The number of benzene rings is 1. The number of nitrogens with one attached hydrogen (secondary N) is 1. The van der Waals surface area contributed by atoms with Gasteiger partial charge in [0.15, 0.2) is 0 Å². The number of hydrogen-bond acceptors (Lipinski definition) is 2. The van der Waals surface area contributed by atoms with Gasteiger partial charge in [0.2, 0.25) is 5.91 Å². The minimum atomic E-state index is -1.15.